The van der Waals surface area contributed by atoms with Crippen molar-refractivity contribution in [2.24, 2.45) is 0 Å². The maximum Gasteiger partial charge on any atom is 0.0913 e. The number of unbranched alkanes of at least 4 members (excludes halogenated alkanes) is 52. The van der Waals surface area contributed by atoms with E-state index >= 15 is 0 Å². The minimum Gasteiger partial charge on any atom is -1.00 e. The highest BCUT2D eigenvalue weighted by Crippen LogP contribution is 2.21. The van der Waals surface area contributed by atoms with Crippen LogP contribution in [0.5, 0.6) is 0 Å². The number of quaternary nitrogens is 2. The van der Waals surface area contributed by atoms with Crippen molar-refractivity contribution in [3.05, 3.63) is 0 Å². The number of piperazine rings is 2. The maximum absolute atomic E-state index is 3.63. The Bertz CT molecular complexity index is 913. The molecule has 4 nitrogen and oxygen atoms in total. The molecule has 0 radical (unpaired) electrons. The Morgan fingerprint density at radius 3 is 0.423 bits per heavy atom. The van der Waals surface area contributed by atoms with Crippen molar-refractivity contribution < 1.29 is 56.9 Å². The van der Waals surface area contributed by atoms with Crippen molar-refractivity contribution in [1.29, 1.82) is 0 Å². The fourth-order valence-corrected chi connectivity index (χ4v) is 13.4. The Hall–Kier alpha value is 1.30. The van der Waals surface area contributed by atoms with E-state index in [2.05, 4.69) is 38.3 Å². The summed E-state index contributed by atoms with van der Waals surface area (Å²) in [6.45, 7) is 25.6. The summed E-state index contributed by atoms with van der Waals surface area (Å²) in [6, 6.07) is 0. The summed E-state index contributed by atoms with van der Waals surface area (Å²) < 4.78 is 2.87. The molecule has 0 saturated carbocycles. The summed E-state index contributed by atoms with van der Waals surface area (Å²) in [7, 11) is 0. The molecule has 2 heterocycles. The van der Waals surface area contributed by atoms with Crippen LogP contribution in [0.15, 0.2) is 0 Å². The first-order valence-electron chi connectivity index (χ1n) is 36.8. The lowest BCUT2D eigenvalue weighted by atomic mass is 10.0. The van der Waals surface area contributed by atoms with Crippen LogP contribution in [0.4, 0.5) is 0 Å². The monoisotopic (exact) mass is 1320 g/mol. The van der Waals surface area contributed by atoms with Gasteiger partial charge in [0.05, 0.1) is 52.4 Å². The van der Waals surface area contributed by atoms with Gasteiger partial charge in [0, 0.05) is 26.2 Å². The topological polar surface area (TPSA) is 24.1 Å². The standard InChI is InChI=1S/2C36H75N2.2HI/c2*1-3-5-7-9-11-13-15-17-19-21-23-25-27-29-33-38(35-31-37-32-36-38)34-30-28-26-24-22-20-18-16-14-12-10-8-6-4-2;;/h2*37H,3-36H2,1-2H3;2*1H/q2*+1;;/p-2. The van der Waals surface area contributed by atoms with E-state index in [0.717, 1.165) is 0 Å². The third kappa shape index (κ3) is 56.4. The first-order valence-corrected chi connectivity index (χ1v) is 36.8. The number of nitrogens with one attached hydrogen (secondary N) is 2. The molecule has 0 aliphatic carbocycles. The molecule has 472 valence electrons. The van der Waals surface area contributed by atoms with E-state index in [0.29, 0.717) is 0 Å². The fourth-order valence-electron chi connectivity index (χ4n) is 13.4. The lowest BCUT2D eigenvalue weighted by molar-refractivity contribution is -0.930. The Labute approximate surface area is 529 Å². The maximum atomic E-state index is 3.63. The van der Waals surface area contributed by atoms with Crippen LogP contribution >= 0.6 is 0 Å². The molecule has 2 rings (SSSR count). The summed E-state index contributed by atoms with van der Waals surface area (Å²) >= 11 is 0. The quantitative estimate of drug-likeness (QED) is 0.0360. The number of nitrogens with zero attached hydrogens (tertiary/aromatic N) is 2. The van der Waals surface area contributed by atoms with Crippen LogP contribution < -0.4 is 58.6 Å². The van der Waals surface area contributed by atoms with E-state index in [1.165, 1.54) is 447 Å². The molecule has 2 aliphatic heterocycles. The zero-order chi connectivity index (χ0) is 54.5. The number of rotatable bonds is 60. The van der Waals surface area contributed by atoms with Crippen LogP contribution in [0.2, 0.25) is 0 Å². The van der Waals surface area contributed by atoms with Crippen LogP contribution in [-0.4, -0.2) is 87.5 Å². The van der Waals surface area contributed by atoms with Gasteiger partial charge in [0.2, 0.25) is 0 Å². The summed E-state index contributed by atoms with van der Waals surface area (Å²) in [5.41, 5.74) is 0. The van der Waals surface area contributed by atoms with E-state index in [9.17, 15) is 0 Å². The molecular formula is C72H150I2N4. The lowest BCUT2D eigenvalue weighted by Crippen LogP contribution is -3.00. The predicted molar refractivity (Wildman–Crippen MR) is 346 cm³/mol. The van der Waals surface area contributed by atoms with Crippen LogP contribution in [0.3, 0.4) is 0 Å². The van der Waals surface area contributed by atoms with Crippen molar-refractivity contribution in [2.75, 3.05) is 78.5 Å². The zero-order valence-electron chi connectivity index (χ0n) is 54.7. The molecule has 2 fully saturated rings. The van der Waals surface area contributed by atoms with Gasteiger partial charge in [-0.2, -0.15) is 0 Å². The van der Waals surface area contributed by atoms with Crippen LogP contribution in [0.1, 0.15) is 387 Å². The number of halogens is 2. The SMILES string of the molecule is CCCCCCCCCCCCCCCC[N+]1(CCCCCCCCCCCCCCCC)CCNCC1.CCCCCCCCCCCCCCCC[N+]1(CCCCCCCCCCCCCCCC)CCNCC1.[I-].[I-]. The Morgan fingerprint density at radius 2 is 0.295 bits per heavy atom. The van der Waals surface area contributed by atoms with Crippen LogP contribution in [0, 0.1) is 0 Å². The van der Waals surface area contributed by atoms with E-state index in [1.807, 2.05) is 0 Å². The highest BCUT2D eigenvalue weighted by atomic mass is 127. The Kier molecular flexibility index (Phi) is 70.3. The summed E-state index contributed by atoms with van der Waals surface area (Å²) in [5.74, 6) is 0. The van der Waals surface area contributed by atoms with Gasteiger partial charge >= 0.3 is 0 Å². The first-order chi connectivity index (χ1) is 37.7. The second-order valence-electron chi connectivity index (χ2n) is 26.4. The summed E-state index contributed by atoms with van der Waals surface area (Å²) in [6.07, 6.45) is 82.3. The van der Waals surface area contributed by atoms with E-state index in [-0.39, 0.29) is 48.0 Å². The molecule has 6 heteroatoms. The molecule has 2 aliphatic rings. The highest BCUT2D eigenvalue weighted by Gasteiger charge is 2.29. The molecule has 0 aromatic heterocycles. The molecule has 0 aromatic rings. The highest BCUT2D eigenvalue weighted by molar-refractivity contribution is 4.62. The average Bonchev–Trinajstić information content (AvgIpc) is 3.44. The molecular weight excluding hydrogens is 1170 g/mol. The van der Waals surface area contributed by atoms with Gasteiger partial charge in [-0.25, -0.2) is 0 Å². The molecule has 0 atom stereocenters. The zero-order valence-corrected chi connectivity index (χ0v) is 59.0. The van der Waals surface area contributed by atoms with E-state index in [4.69, 9.17) is 0 Å². The molecule has 78 heavy (non-hydrogen) atoms. The first kappa shape index (κ1) is 81.4. The van der Waals surface area contributed by atoms with Crippen molar-refractivity contribution in [3.8, 4) is 0 Å². The van der Waals surface area contributed by atoms with Crippen molar-refractivity contribution in [2.45, 2.75) is 387 Å². The van der Waals surface area contributed by atoms with Gasteiger partial charge in [0.1, 0.15) is 0 Å². The molecule has 2 N–H and O–H groups in total. The van der Waals surface area contributed by atoms with Gasteiger partial charge in [0.15, 0.2) is 0 Å². The third-order valence-electron chi connectivity index (χ3n) is 19.0. The second kappa shape index (κ2) is 67.4. The molecule has 0 unspecified atom stereocenters. The van der Waals surface area contributed by atoms with Crippen LogP contribution in [-0.2, 0) is 0 Å². The largest absolute Gasteiger partial charge is 1.00 e. The summed E-state index contributed by atoms with van der Waals surface area (Å²) in [4.78, 5) is 0. The smallest absolute Gasteiger partial charge is 0.0913 e. The minimum atomic E-state index is 0. The normalized spacial score (nSPS) is 14.9. The molecule has 2 saturated heterocycles. The Balaban J connectivity index is 0. The van der Waals surface area contributed by atoms with Crippen LogP contribution in [0.25, 0.3) is 0 Å². The second-order valence-corrected chi connectivity index (χ2v) is 26.4. The van der Waals surface area contributed by atoms with E-state index < -0.39 is 0 Å². The predicted octanol–water partition coefficient (Wildman–Crippen LogP) is 16.7. The van der Waals surface area contributed by atoms with Gasteiger partial charge in [-0.1, -0.05) is 336 Å². The number of hydrogen-bond acceptors (Lipinski definition) is 2. The molecule has 0 aromatic carbocycles. The van der Waals surface area contributed by atoms with Crippen molar-refractivity contribution in [3.63, 3.8) is 0 Å². The fraction of sp³-hybridized carbons (Fsp3) is 1.00. The lowest BCUT2D eigenvalue weighted by Gasteiger charge is -2.42. The van der Waals surface area contributed by atoms with Gasteiger partial charge in [-0.05, 0) is 51.4 Å². The summed E-state index contributed by atoms with van der Waals surface area (Å²) in [5, 5.41) is 7.25. The third-order valence-corrected chi connectivity index (χ3v) is 19.0. The average molecular weight is 1330 g/mol. The molecule has 0 spiro atoms. The van der Waals surface area contributed by atoms with Crippen molar-refractivity contribution in [1.82, 2.24) is 10.6 Å². The van der Waals surface area contributed by atoms with Gasteiger partial charge in [0.25, 0.3) is 0 Å². The van der Waals surface area contributed by atoms with Gasteiger partial charge in [-0.15, -0.1) is 0 Å². The van der Waals surface area contributed by atoms with E-state index in [1.54, 1.807) is 0 Å². The molecule has 0 bridgehead atoms. The van der Waals surface area contributed by atoms with Gasteiger partial charge < -0.3 is 67.6 Å². The molecule has 0 amide bonds. The van der Waals surface area contributed by atoms with Gasteiger partial charge in [-0.3, -0.25) is 0 Å². The number of hydrogen-bond donors (Lipinski definition) is 2. The minimum absolute atomic E-state index is 0. The Morgan fingerprint density at radius 1 is 0.179 bits per heavy atom. The van der Waals surface area contributed by atoms with Crippen molar-refractivity contribution >= 4 is 0 Å².